The van der Waals surface area contributed by atoms with E-state index in [4.69, 9.17) is 16.3 Å². The molecule has 0 amide bonds. The van der Waals surface area contributed by atoms with Gasteiger partial charge in [-0.15, -0.1) is 0 Å². The number of halogens is 1. The first-order valence-corrected chi connectivity index (χ1v) is 7.16. The van der Waals surface area contributed by atoms with Crippen LogP contribution in [-0.2, 0) is 0 Å². The number of aromatic nitrogens is 3. The molecule has 21 heavy (non-hydrogen) atoms. The van der Waals surface area contributed by atoms with E-state index in [2.05, 4.69) is 29.9 Å². The Morgan fingerprint density at radius 2 is 2.00 bits per heavy atom. The van der Waals surface area contributed by atoms with Crippen LogP contribution in [0.4, 0.5) is 0 Å². The number of imidazole rings is 1. The van der Waals surface area contributed by atoms with Crippen LogP contribution >= 0.6 is 11.6 Å². The topological polar surface area (TPSA) is 39.9 Å². The Balaban J connectivity index is 2.13. The summed E-state index contributed by atoms with van der Waals surface area (Å²) in [5, 5.41) is 0.392. The molecule has 0 aliphatic rings. The van der Waals surface area contributed by atoms with E-state index in [0.717, 1.165) is 22.6 Å². The van der Waals surface area contributed by atoms with Gasteiger partial charge in [0.2, 0.25) is 5.28 Å². The Kier molecular flexibility index (Phi) is 3.55. The standard InChI is InChI=1S/C16H16ClN3O/c1-10(2)11-4-7-15(18-9-11)20-14-6-5-12(21-3)8-13(14)19-16(20)17/h4-10H,1-3H3. The fourth-order valence-corrected chi connectivity index (χ4v) is 2.52. The minimum Gasteiger partial charge on any atom is -0.497 e. The Morgan fingerprint density at radius 3 is 2.62 bits per heavy atom. The second-order valence-electron chi connectivity index (χ2n) is 5.18. The number of pyridine rings is 1. The van der Waals surface area contributed by atoms with E-state index in [1.807, 2.05) is 35.0 Å². The maximum atomic E-state index is 6.27. The lowest BCUT2D eigenvalue weighted by molar-refractivity contribution is 0.415. The van der Waals surface area contributed by atoms with Crippen LogP contribution in [0.5, 0.6) is 5.75 Å². The maximum Gasteiger partial charge on any atom is 0.209 e. The van der Waals surface area contributed by atoms with Crippen LogP contribution in [0.2, 0.25) is 5.28 Å². The number of ether oxygens (including phenoxy) is 1. The van der Waals surface area contributed by atoms with Crippen molar-refractivity contribution >= 4 is 22.6 Å². The minimum absolute atomic E-state index is 0.392. The Bertz CT molecular complexity index is 778. The molecule has 0 aliphatic heterocycles. The molecule has 3 rings (SSSR count). The molecular formula is C16H16ClN3O. The van der Waals surface area contributed by atoms with Gasteiger partial charge in [-0.2, -0.15) is 0 Å². The summed E-state index contributed by atoms with van der Waals surface area (Å²) in [5.74, 6) is 1.97. The van der Waals surface area contributed by atoms with E-state index >= 15 is 0 Å². The van der Waals surface area contributed by atoms with Gasteiger partial charge < -0.3 is 4.74 Å². The van der Waals surface area contributed by atoms with Crippen LogP contribution in [0.15, 0.2) is 36.5 Å². The first-order valence-electron chi connectivity index (χ1n) is 6.78. The van der Waals surface area contributed by atoms with E-state index in [0.29, 0.717) is 11.2 Å². The van der Waals surface area contributed by atoms with Gasteiger partial charge in [0.05, 0.1) is 18.1 Å². The molecule has 0 radical (unpaired) electrons. The zero-order chi connectivity index (χ0) is 15.0. The summed E-state index contributed by atoms with van der Waals surface area (Å²) in [7, 11) is 1.63. The molecule has 0 fully saturated rings. The lowest BCUT2D eigenvalue weighted by Crippen LogP contribution is -1.99. The molecule has 0 aliphatic carbocycles. The van der Waals surface area contributed by atoms with E-state index in [1.165, 1.54) is 5.56 Å². The predicted molar refractivity (Wildman–Crippen MR) is 84.5 cm³/mol. The van der Waals surface area contributed by atoms with Crippen molar-refractivity contribution in [3.63, 3.8) is 0 Å². The van der Waals surface area contributed by atoms with Gasteiger partial charge in [0, 0.05) is 12.3 Å². The molecular weight excluding hydrogens is 286 g/mol. The van der Waals surface area contributed by atoms with Gasteiger partial charge in [-0.05, 0) is 41.3 Å². The van der Waals surface area contributed by atoms with Gasteiger partial charge in [0.25, 0.3) is 0 Å². The molecule has 3 aromatic rings. The van der Waals surface area contributed by atoms with Crippen LogP contribution in [0, 0.1) is 0 Å². The van der Waals surface area contributed by atoms with Crippen molar-refractivity contribution in [1.82, 2.24) is 14.5 Å². The second-order valence-corrected chi connectivity index (χ2v) is 5.51. The molecule has 108 valence electrons. The monoisotopic (exact) mass is 301 g/mol. The molecule has 2 aromatic heterocycles. The first kappa shape index (κ1) is 13.9. The van der Waals surface area contributed by atoms with Crippen LogP contribution < -0.4 is 4.74 Å². The number of hydrogen-bond donors (Lipinski definition) is 0. The fraction of sp³-hybridized carbons (Fsp3) is 0.250. The third kappa shape index (κ3) is 2.47. The number of hydrogen-bond acceptors (Lipinski definition) is 3. The lowest BCUT2D eigenvalue weighted by atomic mass is 10.1. The SMILES string of the molecule is COc1ccc2c(c1)nc(Cl)n2-c1ccc(C(C)C)cn1. The third-order valence-electron chi connectivity index (χ3n) is 3.49. The Morgan fingerprint density at radius 1 is 1.19 bits per heavy atom. The van der Waals surface area contributed by atoms with Gasteiger partial charge in [-0.25, -0.2) is 9.97 Å². The van der Waals surface area contributed by atoms with Crippen LogP contribution in [0.1, 0.15) is 25.3 Å². The highest BCUT2D eigenvalue weighted by molar-refractivity contribution is 6.29. The van der Waals surface area contributed by atoms with Crippen LogP contribution in [-0.4, -0.2) is 21.6 Å². The maximum absolute atomic E-state index is 6.27. The van der Waals surface area contributed by atoms with E-state index in [-0.39, 0.29) is 0 Å². The van der Waals surface area contributed by atoms with E-state index in [1.54, 1.807) is 7.11 Å². The lowest BCUT2D eigenvalue weighted by Gasteiger charge is -2.08. The highest BCUT2D eigenvalue weighted by Gasteiger charge is 2.12. The van der Waals surface area contributed by atoms with Gasteiger partial charge in [-0.3, -0.25) is 4.57 Å². The Hall–Kier alpha value is -2.07. The molecule has 5 heteroatoms. The first-order chi connectivity index (χ1) is 10.1. The fourth-order valence-electron chi connectivity index (χ4n) is 2.25. The van der Waals surface area contributed by atoms with E-state index < -0.39 is 0 Å². The van der Waals surface area contributed by atoms with Gasteiger partial charge >= 0.3 is 0 Å². The summed E-state index contributed by atoms with van der Waals surface area (Å²) >= 11 is 6.27. The number of nitrogens with zero attached hydrogens (tertiary/aromatic N) is 3. The normalized spacial score (nSPS) is 11.3. The van der Waals surface area contributed by atoms with Crippen molar-refractivity contribution < 1.29 is 4.74 Å². The molecule has 1 aromatic carbocycles. The molecule has 0 atom stereocenters. The highest BCUT2D eigenvalue weighted by Crippen LogP contribution is 2.27. The van der Waals surface area contributed by atoms with Crippen LogP contribution in [0.3, 0.4) is 0 Å². The molecule has 0 unspecified atom stereocenters. The average Bonchev–Trinajstić information content (AvgIpc) is 2.82. The van der Waals surface area contributed by atoms with E-state index in [9.17, 15) is 0 Å². The number of methoxy groups -OCH3 is 1. The highest BCUT2D eigenvalue weighted by atomic mass is 35.5. The molecule has 0 saturated heterocycles. The molecule has 2 heterocycles. The van der Waals surface area contributed by atoms with Crippen molar-refractivity contribution in [1.29, 1.82) is 0 Å². The quantitative estimate of drug-likeness (QED) is 0.727. The van der Waals surface area contributed by atoms with Crippen LogP contribution in [0.25, 0.3) is 16.9 Å². The summed E-state index contributed by atoms with van der Waals surface area (Å²) in [6, 6.07) is 9.72. The van der Waals surface area contributed by atoms with Gasteiger partial charge in [0.1, 0.15) is 11.6 Å². The van der Waals surface area contributed by atoms with Gasteiger partial charge in [0.15, 0.2) is 0 Å². The predicted octanol–water partition coefficient (Wildman–Crippen LogP) is 4.21. The largest absolute Gasteiger partial charge is 0.497 e. The van der Waals surface area contributed by atoms with Crippen molar-refractivity contribution in [2.75, 3.05) is 7.11 Å². The summed E-state index contributed by atoms with van der Waals surface area (Å²) in [6.07, 6.45) is 1.88. The molecule has 0 spiro atoms. The molecule has 0 N–H and O–H groups in total. The van der Waals surface area contributed by atoms with Crippen molar-refractivity contribution in [3.05, 3.63) is 47.4 Å². The summed E-state index contributed by atoms with van der Waals surface area (Å²) in [4.78, 5) is 8.87. The number of benzene rings is 1. The smallest absolute Gasteiger partial charge is 0.209 e. The zero-order valence-corrected chi connectivity index (χ0v) is 12.9. The average molecular weight is 302 g/mol. The van der Waals surface area contributed by atoms with Crippen molar-refractivity contribution in [2.45, 2.75) is 19.8 Å². The third-order valence-corrected chi connectivity index (χ3v) is 3.74. The summed E-state index contributed by atoms with van der Waals surface area (Å²) in [6.45, 7) is 4.28. The Labute approximate surface area is 128 Å². The molecule has 4 nitrogen and oxygen atoms in total. The number of rotatable bonds is 3. The number of fused-ring (bicyclic) bond motifs is 1. The molecule has 0 bridgehead atoms. The second kappa shape index (κ2) is 5.37. The molecule has 0 saturated carbocycles. The summed E-state index contributed by atoms with van der Waals surface area (Å²) in [5.41, 5.74) is 2.89. The van der Waals surface area contributed by atoms with Gasteiger partial charge in [-0.1, -0.05) is 19.9 Å². The zero-order valence-electron chi connectivity index (χ0n) is 12.2. The minimum atomic E-state index is 0.392. The van der Waals surface area contributed by atoms with Crippen molar-refractivity contribution in [3.8, 4) is 11.6 Å². The van der Waals surface area contributed by atoms with Crippen molar-refractivity contribution in [2.24, 2.45) is 0 Å². The summed E-state index contributed by atoms with van der Waals surface area (Å²) < 4.78 is 7.04.